The van der Waals surface area contributed by atoms with Crippen LogP contribution in [0.25, 0.3) is 23.4 Å². The van der Waals surface area contributed by atoms with Crippen molar-refractivity contribution in [1.29, 1.82) is 0 Å². The number of amides is 1. The van der Waals surface area contributed by atoms with E-state index in [9.17, 15) is 9.59 Å². The number of nitrogens with zero attached hydrogens (tertiary/aromatic N) is 3. The molecule has 2 aliphatic rings. The average Bonchev–Trinajstić information content (AvgIpc) is 2.91. The quantitative estimate of drug-likeness (QED) is 0.478. The van der Waals surface area contributed by atoms with E-state index in [1.807, 2.05) is 48.6 Å². The molecule has 0 spiro atoms. The number of fused-ring (bicyclic) bond motifs is 2. The second-order valence-electron chi connectivity index (χ2n) is 9.47. The van der Waals surface area contributed by atoms with E-state index in [0.29, 0.717) is 25.7 Å². The van der Waals surface area contributed by atoms with Crippen molar-refractivity contribution in [3.8, 4) is 11.3 Å². The van der Waals surface area contributed by atoms with Gasteiger partial charge in [-0.05, 0) is 62.7 Å². The largest absolute Gasteiger partial charge is 0.481 e. The third-order valence-corrected chi connectivity index (χ3v) is 6.90. The first kappa shape index (κ1) is 23.9. The van der Waals surface area contributed by atoms with Gasteiger partial charge in [-0.15, -0.1) is 0 Å². The molecule has 0 fully saturated rings. The minimum atomic E-state index is -0.789. The summed E-state index contributed by atoms with van der Waals surface area (Å²) in [6.45, 7) is 0. The number of carbonyl (C=O) groups excluding carboxylic acids is 1. The van der Waals surface area contributed by atoms with Crippen LogP contribution in [0, 0.1) is 5.92 Å². The van der Waals surface area contributed by atoms with Crippen molar-refractivity contribution in [3.63, 3.8) is 0 Å². The number of carboxylic acid groups (broad SMARTS) is 1. The van der Waals surface area contributed by atoms with Crippen molar-refractivity contribution in [2.45, 2.75) is 57.4 Å². The molecule has 2 aliphatic carbocycles. The number of pyridine rings is 1. The maximum absolute atomic E-state index is 13.2. The van der Waals surface area contributed by atoms with E-state index < -0.39 is 5.97 Å². The van der Waals surface area contributed by atoms with Gasteiger partial charge in [-0.1, -0.05) is 42.5 Å². The number of rotatable bonds is 8. The molecule has 2 aromatic heterocycles. The van der Waals surface area contributed by atoms with Crippen molar-refractivity contribution in [1.82, 2.24) is 20.3 Å². The van der Waals surface area contributed by atoms with E-state index in [2.05, 4.69) is 16.4 Å². The van der Waals surface area contributed by atoms with Crippen LogP contribution in [0.3, 0.4) is 0 Å². The minimum Gasteiger partial charge on any atom is -0.481 e. The standard InChI is InChI=1S/C29H30N4O3/c34-26(35)14-5-4-12-24-28(20-8-2-1-3-9-20)32-22-16-15-21(18-25(22)31-24)29(36)33-23-13-6-10-19-11-7-17-30-27(19)23/h1-3,7-9,11,16-18,21,23H,4-6,10,12-15H2,(H,33,36)(H,34,35)/t21?,23-/m0/s1. The Hall–Kier alpha value is -3.87. The molecular weight excluding hydrogens is 452 g/mol. The predicted octanol–water partition coefficient (Wildman–Crippen LogP) is 3.11. The highest BCUT2D eigenvalue weighted by Gasteiger charge is 2.26. The normalized spacial score (nSPS) is 18.2. The fraction of sp³-hybridized carbons (Fsp3) is 0.345. The number of hydrogen-bond donors (Lipinski definition) is 2. The first-order valence-corrected chi connectivity index (χ1v) is 12.7. The molecule has 0 saturated carbocycles. The first-order valence-electron chi connectivity index (χ1n) is 12.7. The molecule has 2 atom stereocenters. The minimum absolute atomic E-state index is 0.0163. The summed E-state index contributed by atoms with van der Waals surface area (Å²) in [5, 5.41) is 13.7. The molecule has 5 rings (SSSR count). The lowest BCUT2D eigenvalue weighted by Crippen LogP contribution is -2.41. The van der Waals surface area contributed by atoms with Crippen LogP contribution in [-0.2, 0) is 22.4 Å². The van der Waals surface area contributed by atoms with Gasteiger partial charge in [0.25, 0.3) is 0 Å². The molecule has 36 heavy (non-hydrogen) atoms. The number of unbranched alkanes of at least 4 members (excludes halogenated alkanes) is 1. The molecule has 7 heteroatoms. The van der Waals surface area contributed by atoms with Crippen LogP contribution in [0.1, 0.15) is 61.5 Å². The average molecular weight is 483 g/mol. The van der Waals surface area contributed by atoms with E-state index in [1.54, 1.807) is 6.20 Å². The van der Waals surface area contributed by atoms with Gasteiger partial charge in [0.2, 0.25) is 5.91 Å². The monoisotopic (exact) mass is 482 g/mol. The van der Waals surface area contributed by atoms with Crippen molar-refractivity contribution in [2.24, 2.45) is 5.92 Å². The zero-order valence-corrected chi connectivity index (χ0v) is 20.2. The lowest BCUT2D eigenvalue weighted by Gasteiger charge is -2.26. The van der Waals surface area contributed by atoms with Gasteiger partial charge >= 0.3 is 5.97 Å². The second-order valence-corrected chi connectivity index (χ2v) is 9.47. The molecule has 2 N–H and O–H groups in total. The van der Waals surface area contributed by atoms with Crippen molar-refractivity contribution in [3.05, 3.63) is 76.3 Å². The number of aryl methyl sites for hydroxylation is 2. The number of aromatic nitrogens is 3. The number of aliphatic carboxylic acids is 1. The fourth-order valence-corrected chi connectivity index (χ4v) is 5.05. The molecule has 1 unspecified atom stereocenters. The van der Waals surface area contributed by atoms with Gasteiger partial charge in [-0.25, -0.2) is 9.97 Å². The maximum Gasteiger partial charge on any atom is 0.303 e. The highest BCUT2D eigenvalue weighted by Crippen LogP contribution is 2.28. The summed E-state index contributed by atoms with van der Waals surface area (Å²) >= 11 is 0. The first-order chi connectivity index (χ1) is 17.6. The fourth-order valence-electron chi connectivity index (χ4n) is 5.05. The molecule has 184 valence electrons. The van der Waals surface area contributed by atoms with Crippen LogP contribution in [-0.4, -0.2) is 31.9 Å². The van der Waals surface area contributed by atoms with Gasteiger partial charge in [0, 0.05) is 18.2 Å². The summed E-state index contributed by atoms with van der Waals surface area (Å²) in [4.78, 5) is 38.6. The van der Waals surface area contributed by atoms with E-state index in [-0.39, 0.29) is 24.3 Å². The van der Waals surface area contributed by atoms with Crippen LogP contribution in [0.2, 0.25) is 0 Å². The Morgan fingerprint density at radius 1 is 1.03 bits per heavy atom. The third kappa shape index (κ3) is 5.35. The van der Waals surface area contributed by atoms with Crippen LogP contribution in [0.15, 0.2) is 48.7 Å². The summed E-state index contributed by atoms with van der Waals surface area (Å²) in [6.07, 6.45) is 11.3. The molecule has 1 amide bonds. The van der Waals surface area contributed by atoms with Crippen molar-refractivity contribution < 1.29 is 14.7 Å². The molecular formula is C29H30N4O3. The Morgan fingerprint density at radius 3 is 2.72 bits per heavy atom. The number of hydrogen-bond acceptors (Lipinski definition) is 5. The lowest BCUT2D eigenvalue weighted by atomic mass is 9.91. The van der Waals surface area contributed by atoms with Gasteiger partial charge in [-0.3, -0.25) is 14.6 Å². The van der Waals surface area contributed by atoms with E-state index in [1.165, 1.54) is 5.56 Å². The van der Waals surface area contributed by atoms with Crippen molar-refractivity contribution >= 4 is 24.0 Å². The molecule has 0 radical (unpaired) electrons. The van der Waals surface area contributed by atoms with Crippen LogP contribution >= 0.6 is 0 Å². The molecule has 2 heterocycles. The Balaban J connectivity index is 1.40. The predicted molar refractivity (Wildman–Crippen MR) is 137 cm³/mol. The number of carbonyl (C=O) groups is 2. The number of benzene rings is 1. The van der Waals surface area contributed by atoms with Crippen molar-refractivity contribution in [2.75, 3.05) is 0 Å². The van der Waals surface area contributed by atoms with Crippen LogP contribution < -0.4 is 16.0 Å². The molecule has 1 aromatic carbocycles. The smallest absolute Gasteiger partial charge is 0.303 e. The van der Waals surface area contributed by atoms with E-state index in [4.69, 9.17) is 15.1 Å². The maximum atomic E-state index is 13.2. The third-order valence-electron chi connectivity index (χ3n) is 6.90. The zero-order chi connectivity index (χ0) is 24.9. The molecule has 3 aromatic rings. The summed E-state index contributed by atoms with van der Waals surface area (Å²) in [5.41, 5.74) is 4.83. The van der Waals surface area contributed by atoms with Gasteiger partial charge in [0.15, 0.2) is 0 Å². The van der Waals surface area contributed by atoms with Crippen LogP contribution in [0.5, 0.6) is 0 Å². The number of nitrogens with one attached hydrogen (secondary N) is 1. The van der Waals surface area contributed by atoms with Gasteiger partial charge in [0.05, 0.1) is 39.7 Å². The topological polar surface area (TPSA) is 105 Å². The summed E-state index contributed by atoms with van der Waals surface area (Å²) < 4.78 is 0. The van der Waals surface area contributed by atoms with Gasteiger partial charge in [-0.2, -0.15) is 0 Å². The summed E-state index contributed by atoms with van der Waals surface area (Å²) in [5.74, 6) is -1.12. The number of carboxylic acids is 1. The van der Waals surface area contributed by atoms with Crippen LogP contribution in [0.4, 0.5) is 0 Å². The van der Waals surface area contributed by atoms with E-state index in [0.717, 1.165) is 52.6 Å². The molecule has 0 aliphatic heterocycles. The zero-order valence-electron chi connectivity index (χ0n) is 20.2. The van der Waals surface area contributed by atoms with Gasteiger partial charge < -0.3 is 10.4 Å². The Kier molecular flexibility index (Phi) is 7.16. The second kappa shape index (κ2) is 10.8. The Morgan fingerprint density at radius 2 is 1.89 bits per heavy atom. The summed E-state index contributed by atoms with van der Waals surface area (Å²) in [6, 6.07) is 13.9. The molecule has 7 nitrogen and oxygen atoms in total. The SMILES string of the molecule is O=C(O)CCCCc1nc2c(nc1-c1ccccc1)=CCC(C(=O)N[C@H]1CCCc3cccnc31)C=2. The Bertz CT molecular complexity index is 1390. The molecule has 0 bridgehead atoms. The molecule has 0 saturated heterocycles. The van der Waals surface area contributed by atoms with Gasteiger partial charge in [0.1, 0.15) is 0 Å². The summed E-state index contributed by atoms with van der Waals surface area (Å²) in [7, 11) is 0. The lowest BCUT2D eigenvalue weighted by molar-refractivity contribution is -0.137. The highest BCUT2D eigenvalue weighted by molar-refractivity contribution is 5.85. The Labute approximate surface area is 210 Å². The van der Waals surface area contributed by atoms with E-state index >= 15 is 0 Å². The highest BCUT2D eigenvalue weighted by atomic mass is 16.4.